The van der Waals surface area contributed by atoms with Crippen LogP contribution in [-0.4, -0.2) is 18.1 Å². The van der Waals surface area contributed by atoms with Crippen LogP contribution >= 0.6 is 0 Å². The van der Waals surface area contributed by atoms with E-state index in [-0.39, 0.29) is 11.9 Å². The molecule has 100 valence electrons. The molecular formula is C16H19FN2. The van der Waals surface area contributed by atoms with Gasteiger partial charge in [0.2, 0.25) is 0 Å². The Morgan fingerprint density at radius 2 is 2.05 bits per heavy atom. The predicted octanol–water partition coefficient (Wildman–Crippen LogP) is 2.90. The van der Waals surface area contributed by atoms with E-state index in [2.05, 4.69) is 10.3 Å². The van der Waals surface area contributed by atoms with Crippen LogP contribution in [0.2, 0.25) is 0 Å². The van der Waals surface area contributed by atoms with Crippen LogP contribution in [-0.2, 0) is 12.8 Å². The molecule has 19 heavy (non-hydrogen) atoms. The average molecular weight is 258 g/mol. The lowest BCUT2D eigenvalue weighted by Gasteiger charge is -2.17. The van der Waals surface area contributed by atoms with E-state index in [0.29, 0.717) is 0 Å². The largest absolute Gasteiger partial charge is 0.316 e. The fourth-order valence-electron chi connectivity index (χ4n) is 2.17. The molecule has 1 aromatic carbocycles. The number of rotatable bonds is 5. The zero-order chi connectivity index (χ0) is 13.7. The van der Waals surface area contributed by atoms with E-state index in [4.69, 9.17) is 0 Å². The second-order valence-electron chi connectivity index (χ2n) is 4.79. The van der Waals surface area contributed by atoms with E-state index in [0.717, 1.165) is 29.7 Å². The number of hydrogen-bond acceptors (Lipinski definition) is 2. The minimum atomic E-state index is -0.173. The fraction of sp³-hybridized carbons (Fsp3) is 0.312. The molecule has 2 rings (SSSR count). The number of aryl methyl sites for hydroxylation is 1. The summed E-state index contributed by atoms with van der Waals surface area (Å²) in [6.45, 7) is 2.02. The summed E-state index contributed by atoms with van der Waals surface area (Å²) in [7, 11) is 1.93. The van der Waals surface area contributed by atoms with Crippen molar-refractivity contribution in [3.05, 3.63) is 65.2 Å². The third-order valence-corrected chi connectivity index (χ3v) is 3.37. The zero-order valence-corrected chi connectivity index (χ0v) is 11.4. The maximum Gasteiger partial charge on any atom is 0.123 e. The molecule has 1 unspecified atom stereocenters. The lowest BCUT2D eigenvalue weighted by Crippen LogP contribution is -2.30. The van der Waals surface area contributed by atoms with Crippen LogP contribution in [0.1, 0.15) is 16.8 Å². The molecule has 0 spiro atoms. The van der Waals surface area contributed by atoms with Crippen molar-refractivity contribution in [1.82, 2.24) is 10.3 Å². The van der Waals surface area contributed by atoms with Gasteiger partial charge in [-0.05, 0) is 55.8 Å². The van der Waals surface area contributed by atoms with Gasteiger partial charge in [0.05, 0.1) is 0 Å². The molecule has 0 saturated carbocycles. The lowest BCUT2D eigenvalue weighted by molar-refractivity contribution is 0.546. The van der Waals surface area contributed by atoms with Crippen LogP contribution in [0.3, 0.4) is 0 Å². The number of nitrogens with zero attached hydrogens (tertiary/aromatic N) is 1. The normalized spacial score (nSPS) is 12.4. The third kappa shape index (κ3) is 3.86. The quantitative estimate of drug-likeness (QED) is 0.892. The van der Waals surface area contributed by atoms with Gasteiger partial charge in [0.25, 0.3) is 0 Å². The van der Waals surface area contributed by atoms with Crippen LogP contribution in [0.4, 0.5) is 4.39 Å². The summed E-state index contributed by atoms with van der Waals surface area (Å²) in [5, 5.41) is 3.28. The molecule has 0 aliphatic rings. The summed E-state index contributed by atoms with van der Waals surface area (Å²) < 4.78 is 13.3. The molecule has 2 aromatic rings. The molecule has 1 heterocycles. The highest BCUT2D eigenvalue weighted by molar-refractivity contribution is 5.27. The number of pyridine rings is 1. The van der Waals surface area contributed by atoms with Gasteiger partial charge in [-0.25, -0.2) is 4.39 Å². The van der Waals surface area contributed by atoms with Crippen LogP contribution in [0.15, 0.2) is 42.6 Å². The number of likely N-dealkylation sites (N-methyl/N-ethyl adjacent to an activating group) is 1. The summed E-state index contributed by atoms with van der Waals surface area (Å²) in [6, 6.07) is 11.1. The van der Waals surface area contributed by atoms with E-state index in [1.807, 2.05) is 38.2 Å². The first-order valence-electron chi connectivity index (χ1n) is 6.51. The molecule has 0 fully saturated rings. The van der Waals surface area contributed by atoms with Crippen LogP contribution in [0.25, 0.3) is 0 Å². The highest BCUT2D eigenvalue weighted by atomic mass is 19.1. The molecule has 1 aromatic heterocycles. The Morgan fingerprint density at radius 3 is 2.74 bits per heavy atom. The van der Waals surface area contributed by atoms with Gasteiger partial charge in [-0.2, -0.15) is 0 Å². The van der Waals surface area contributed by atoms with Crippen molar-refractivity contribution < 1.29 is 4.39 Å². The number of hydrogen-bond donors (Lipinski definition) is 1. The monoisotopic (exact) mass is 258 g/mol. The van der Waals surface area contributed by atoms with Crippen LogP contribution < -0.4 is 5.32 Å². The summed E-state index contributed by atoms with van der Waals surface area (Å²) in [5.74, 6) is -0.173. The summed E-state index contributed by atoms with van der Waals surface area (Å²) in [5.41, 5.74) is 3.23. The SMILES string of the molecule is CNC(Cc1ccccn1)Cc1cc(F)ccc1C. The Bertz CT molecular complexity index is 526. The first-order valence-corrected chi connectivity index (χ1v) is 6.51. The molecule has 0 amide bonds. The summed E-state index contributed by atoms with van der Waals surface area (Å²) in [6.07, 6.45) is 3.44. The molecule has 0 saturated heterocycles. The second kappa shape index (κ2) is 6.43. The Hall–Kier alpha value is -1.74. The molecule has 0 bridgehead atoms. The van der Waals surface area contributed by atoms with E-state index < -0.39 is 0 Å². The molecule has 1 atom stereocenters. The zero-order valence-electron chi connectivity index (χ0n) is 11.4. The minimum Gasteiger partial charge on any atom is -0.316 e. The van der Waals surface area contributed by atoms with Crippen LogP contribution in [0.5, 0.6) is 0 Å². The maximum atomic E-state index is 13.3. The standard InChI is InChI=1S/C16H19FN2/c1-12-6-7-14(17)9-13(12)10-16(18-2)11-15-5-3-4-8-19-15/h3-9,16,18H,10-11H2,1-2H3. The number of nitrogens with one attached hydrogen (secondary N) is 1. The topological polar surface area (TPSA) is 24.9 Å². The highest BCUT2D eigenvalue weighted by Crippen LogP contribution is 2.14. The summed E-state index contributed by atoms with van der Waals surface area (Å²) in [4.78, 5) is 4.33. The van der Waals surface area contributed by atoms with Gasteiger partial charge in [-0.15, -0.1) is 0 Å². The van der Waals surface area contributed by atoms with E-state index >= 15 is 0 Å². The Labute approximate surface area is 113 Å². The van der Waals surface area contributed by atoms with Gasteiger partial charge in [-0.1, -0.05) is 12.1 Å². The van der Waals surface area contributed by atoms with Crippen molar-refractivity contribution in [3.63, 3.8) is 0 Å². The van der Waals surface area contributed by atoms with E-state index in [1.54, 1.807) is 12.3 Å². The Balaban J connectivity index is 2.09. The smallest absolute Gasteiger partial charge is 0.123 e. The van der Waals surface area contributed by atoms with Crippen molar-refractivity contribution in [2.45, 2.75) is 25.8 Å². The minimum absolute atomic E-state index is 0.173. The van der Waals surface area contributed by atoms with Gasteiger partial charge >= 0.3 is 0 Å². The van der Waals surface area contributed by atoms with Crippen molar-refractivity contribution in [2.75, 3.05) is 7.05 Å². The highest BCUT2D eigenvalue weighted by Gasteiger charge is 2.11. The van der Waals surface area contributed by atoms with Crippen molar-refractivity contribution in [3.8, 4) is 0 Å². The molecule has 0 aliphatic heterocycles. The Morgan fingerprint density at radius 1 is 1.21 bits per heavy atom. The van der Waals surface area contributed by atoms with Gasteiger partial charge in [-0.3, -0.25) is 4.98 Å². The number of benzene rings is 1. The number of halogens is 1. The van der Waals surface area contributed by atoms with Crippen molar-refractivity contribution in [2.24, 2.45) is 0 Å². The van der Waals surface area contributed by atoms with Crippen LogP contribution in [0, 0.1) is 12.7 Å². The molecule has 0 aliphatic carbocycles. The predicted molar refractivity (Wildman–Crippen MR) is 75.6 cm³/mol. The fourth-order valence-corrected chi connectivity index (χ4v) is 2.17. The second-order valence-corrected chi connectivity index (χ2v) is 4.79. The van der Waals surface area contributed by atoms with Gasteiger partial charge in [0.15, 0.2) is 0 Å². The molecule has 3 heteroatoms. The molecule has 1 N–H and O–H groups in total. The van der Waals surface area contributed by atoms with E-state index in [9.17, 15) is 4.39 Å². The average Bonchev–Trinajstić information content (AvgIpc) is 2.43. The van der Waals surface area contributed by atoms with Gasteiger partial charge in [0, 0.05) is 24.4 Å². The lowest BCUT2D eigenvalue weighted by atomic mass is 9.98. The summed E-state index contributed by atoms with van der Waals surface area (Å²) >= 11 is 0. The molecule has 0 radical (unpaired) electrons. The van der Waals surface area contributed by atoms with Gasteiger partial charge < -0.3 is 5.32 Å². The molecule has 2 nitrogen and oxygen atoms in total. The van der Waals surface area contributed by atoms with Crippen molar-refractivity contribution >= 4 is 0 Å². The van der Waals surface area contributed by atoms with Gasteiger partial charge in [0.1, 0.15) is 5.82 Å². The molecular weight excluding hydrogens is 239 g/mol. The van der Waals surface area contributed by atoms with Crippen molar-refractivity contribution in [1.29, 1.82) is 0 Å². The van der Waals surface area contributed by atoms with E-state index in [1.165, 1.54) is 6.07 Å². The Kier molecular flexibility index (Phi) is 4.63. The number of aromatic nitrogens is 1. The third-order valence-electron chi connectivity index (χ3n) is 3.37. The first-order chi connectivity index (χ1) is 9.19. The maximum absolute atomic E-state index is 13.3. The first kappa shape index (κ1) is 13.7.